The van der Waals surface area contributed by atoms with Crippen LogP contribution in [0.5, 0.6) is 5.75 Å². The molecule has 1 N–H and O–H groups in total. The van der Waals surface area contributed by atoms with Crippen molar-refractivity contribution in [3.05, 3.63) is 59.7 Å². The van der Waals surface area contributed by atoms with Crippen molar-refractivity contribution in [3.8, 4) is 5.75 Å². The van der Waals surface area contributed by atoms with Gasteiger partial charge in [0.15, 0.2) is 5.78 Å². The third-order valence-electron chi connectivity index (χ3n) is 4.20. The summed E-state index contributed by atoms with van der Waals surface area (Å²) in [4.78, 5) is 30.4. The van der Waals surface area contributed by atoms with Crippen molar-refractivity contribution in [3.63, 3.8) is 0 Å². The molecular formula is C18H17FN2O3. The second-order valence-corrected chi connectivity index (χ2v) is 5.86. The highest BCUT2D eigenvalue weighted by Gasteiger charge is 2.31. The van der Waals surface area contributed by atoms with Gasteiger partial charge in [0, 0.05) is 30.8 Å². The van der Waals surface area contributed by atoms with Gasteiger partial charge in [0.05, 0.1) is 11.8 Å². The van der Waals surface area contributed by atoms with Gasteiger partial charge in [0.1, 0.15) is 11.6 Å². The van der Waals surface area contributed by atoms with Gasteiger partial charge in [-0.25, -0.2) is 4.39 Å². The standard InChI is InChI=1S/C18H17FN2O3/c19-14-5-3-12(4-6-14)17(23)9-15-2-1-7-21(15)18(24)13-8-16(22)11-20-10-13/h3-6,8,10-11,15,22H,1-2,7,9H2/t15-/m0/s1. The highest BCUT2D eigenvalue weighted by molar-refractivity contribution is 5.98. The topological polar surface area (TPSA) is 70.5 Å². The van der Waals surface area contributed by atoms with Crippen LogP contribution in [0.25, 0.3) is 0 Å². The third kappa shape index (κ3) is 3.42. The van der Waals surface area contributed by atoms with Crippen molar-refractivity contribution in [1.29, 1.82) is 0 Å². The lowest BCUT2D eigenvalue weighted by Gasteiger charge is -2.24. The molecule has 124 valence electrons. The van der Waals surface area contributed by atoms with Gasteiger partial charge >= 0.3 is 0 Å². The molecule has 1 amide bonds. The molecule has 1 atom stereocenters. The van der Waals surface area contributed by atoms with Crippen LogP contribution in [-0.2, 0) is 0 Å². The summed E-state index contributed by atoms with van der Waals surface area (Å²) < 4.78 is 13.0. The maximum absolute atomic E-state index is 13.0. The summed E-state index contributed by atoms with van der Waals surface area (Å²) in [7, 11) is 0. The second kappa shape index (κ2) is 6.78. The minimum atomic E-state index is -0.388. The highest BCUT2D eigenvalue weighted by atomic mass is 19.1. The summed E-state index contributed by atoms with van der Waals surface area (Å²) in [5.41, 5.74) is 0.742. The van der Waals surface area contributed by atoms with Crippen LogP contribution in [0.1, 0.15) is 40.0 Å². The Balaban J connectivity index is 1.72. The summed E-state index contributed by atoms with van der Waals surface area (Å²) in [6.45, 7) is 0.565. The number of hydrogen-bond donors (Lipinski definition) is 1. The van der Waals surface area contributed by atoms with Crippen LogP contribution in [0.2, 0.25) is 0 Å². The van der Waals surface area contributed by atoms with Crippen molar-refractivity contribution in [1.82, 2.24) is 9.88 Å². The molecule has 1 aliphatic rings. The SMILES string of the molecule is O=C(C[C@@H]1CCCN1C(=O)c1cncc(O)c1)c1ccc(F)cc1. The Bertz CT molecular complexity index is 761. The lowest BCUT2D eigenvalue weighted by atomic mass is 10.0. The number of rotatable bonds is 4. The van der Waals surface area contributed by atoms with E-state index in [0.29, 0.717) is 17.7 Å². The summed E-state index contributed by atoms with van der Waals surface area (Å²) >= 11 is 0. The quantitative estimate of drug-likeness (QED) is 0.876. The van der Waals surface area contributed by atoms with Gasteiger partial charge in [0.2, 0.25) is 0 Å². The molecule has 1 aliphatic heterocycles. The fraction of sp³-hybridized carbons (Fsp3) is 0.278. The molecule has 3 rings (SSSR count). The van der Waals surface area contributed by atoms with E-state index in [1.165, 1.54) is 42.7 Å². The minimum Gasteiger partial charge on any atom is -0.506 e. The molecule has 24 heavy (non-hydrogen) atoms. The molecule has 0 radical (unpaired) electrons. The van der Waals surface area contributed by atoms with Crippen LogP contribution in [-0.4, -0.2) is 39.3 Å². The van der Waals surface area contributed by atoms with E-state index in [4.69, 9.17) is 0 Å². The lowest BCUT2D eigenvalue weighted by Crippen LogP contribution is -2.36. The van der Waals surface area contributed by atoms with Crippen LogP contribution >= 0.6 is 0 Å². The van der Waals surface area contributed by atoms with Gasteiger partial charge in [-0.15, -0.1) is 0 Å². The van der Waals surface area contributed by atoms with E-state index >= 15 is 0 Å². The van der Waals surface area contributed by atoms with Crippen molar-refractivity contribution in [2.45, 2.75) is 25.3 Å². The van der Waals surface area contributed by atoms with Crippen molar-refractivity contribution < 1.29 is 19.1 Å². The van der Waals surface area contributed by atoms with Crippen molar-refractivity contribution in [2.24, 2.45) is 0 Å². The Hall–Kier alpha value is -2.76. The monoisotopic (exact) mass is 328 g/mol. The number of likely N-dealkylation sites (tertiary alicyclic amines) is 1. The zero-order valence-corrected chi connectivity index (χ0v) is 13.0. The van der Waals surface area contributed by atoms with Gasteiger partial charge in [-0.05, 0) is 43.2 Å². The maximum atomic E-state index is 13.0. The molecule has 0 saturated carbocycles. The molecule has 1 saturated heterocycles. The van der Waals surface area contributed by atoms with Crippen LogP contribution in [0.15, 0.2) is 42.7 Å². The van der Waals surface area contributed by atoms with E-state index in [1.54, 1.807) is 4.90 Å². The number of nitrogens with zero attached hydrogens (tertiary/aromatic N) is 2. The van der Waals surface area contributed by atoms with Gasteiger partial charge in [-0.1, -0.05) is 0 Å². The minimum absolute atomic E-state index is 0.0704. The number of amides is 1. The average Bonchev–Trinajstić information content (AvgIpc) is 3.02. The zero-order chi connectivity index (χ0) is 17.1. The predicted octanol–water partition coefficient (Wildman–Crippen LogP) is 2.80. The third-order valence-corrected chi connectivity index (χ3v) is 4.20. The number of Topliss-reactive ketones (excluding diaryl/α,β-unsaturated/α-hetero) is 1. The molecule has 5 nitrogen and oxygen atoms in total. The number of aromatic hydroxyl groups is 1. The molecular weight excluding hydrogens is 311 g/mol. The number of carbonyl (C=O) groups is 2. The molecule has 0 spiro atoms. The number of benzene rings is 1. The summed E-state index contributed by atoms with van der Waals surface area (Å²) in [6, 6.07) is 6.59. The fourth-order valence-corrected chi connectivity index (χ4v) is 2.99. The van der Waals surface area contributed by atoms with Crippen LogP contribution in [0, 0.1) is 5.82 Å². The Morgan fingerprint density at radius 1 is 1.21 bits per heavy atom. The number of aromatic nitrogens is 1. The smallest absolute Gasteiger partial charge is 0.255 e. The first kappa shape index (κ1) is 16.1. The molecule has 1 aromatic carbocycles. The molecule has 0 bridgehead atoms. The average molecular weight is 328 g/mol. The predicted molar refractivity (Wildman–Crippen MR) is 85.3 cm³/mol. The molecule has 2 heterocycles. The number of halogens is 1. The number of ketones is 1. The van der Waals surface area contributed by atoms with E-state index in [2.05, 4.69) is 4.98 Å². The van der Waals surface area contributed by atoms with E-state index in [9.17, 15) is 19.1 Å². The van der Waals surface area contributed by atoms with Crippen molar-refractivity contribution >= 4 is 11.7 Å². The maximum Gasteiger partial charge on any atom is 0.255 e. The first-order valence-electron chi connectivity index (χ1n) is 7.78. The van der Waals surface area contributed by atoms with Crippen LogP contribution in [0.3, 0.4) is 0 Å². The summed E-state index contributed by atoms with van der Waals surface area (Å²) in [5.74, 6) is -0.818. The molecule has 6 heteroatoms. The Kier molecular flexibility index (Phi) is 4.55. The van der Waals surface area contributed by atoms with Crippen LogP contribution < -0.4 is 0 Å². The Morgan fingerprint density at radius 3 is 2.67 bits per heavy atom. The van der Waals surface area contributed by atoms with Crippen molar-refractivity contribution in [2.75, 3.05) is 6.54 Å². The van der Waals surface area contributed by atoms with Gasteiger partial charge in [0.25, 0.3) is 5.91 Å². The number of carbonyl (C=O) groups excluding carboxylic acids is 2. The number of hydrogen-bond acceptors (Lipinski definition) is 4. The molecule has 1 fully saturated rings. The fourth-order valence-electron chi connectivity index (χ4n) is 2.99. The normalized spacial score (nSPS) is 17.0. The Labute approximate surface area is 138 Å². The first-order valence-corrected chi connectivity index (χ1v) is 7.78. The summed E-state index contributed by atoms with van der Waals surface area (Å²) in [6.07, 6.45) is 4.42. The Morgan fingerprint density at radius 2 is 1.96 bits per heavy atom. The van der Waals surface area contributed by atoms with E-state index in [1.807, 2.05) is 0 Å². The number of pyridine rings is 1. The van der Waals surface area contributed by atoms with Gasteiger partial charge in [-0.2, -0.15) is 0 Å². The molecule has 1 aromatic heterocycles. The van der Waals surface area contributed by atoms with E-state index in [-0.39, 0.29) is 35.7 Å². The molecule has 0 aliphatic carbocycles. The van der Waals surface area contributed by atoms with Crippen LogP contribution in [0.4, 0.5) is 4.39 Å². The van der Waals surface area contributed by atoms with Gasteiger partial charge < -0.3 is 10.0 Å². The first-order chi connectivity index (χ1) is 11.5. The largest absolute Gasteiger partial charge is 0.506 e. The summed E-state index contributed by atoms with van der Waals surface area (Å²) in [5, 5.41) is 9.47. The molecule has 0 unspecified atom stereocenters. The molecule has 2 aromatic rings. The van der Waals surface area contributed by atoms with E-state index < -0.39 is 0 Å². The second-order valence-electron chi connectivity index (χ2n) is 5.86. The zero-order valence-electron chi connectivity index (χ0n) is 13.0. The van der Waals surface area contributed by atoms with Gasteiger partial charge in [-0.3, -0.25) is 14.6 Å². The highest BCUT2D eigenvalue weighted by Crippen LogP contribution is 2.24. The lowest BCUT2D eigenvalue weighted by molar-refractivity contribution is 0.0716. The van der Waals surface area contributed by atoms with E-state index in [0.717, 1.165) is 12.8 Å².